The molecule has 0 aliphatic carbocycles. The van der Waals surface area contributed by atoms with E-state index in [1.165, 1.54) is 18.2 Å². The number of halogens is 2. The van der Waals surface area contributed by atoms with Crippen molar-refractivity contribution in [1.29, 1.82) is 0 Å². The van der Waals surface area contributed by atoms with Gasteiger partial charge in [0.2, 0.25) is 10.0 Å². The Morgan fingerprint density at radius 1 is 1.44 bits per heavy atom. The standard InChI is InChI=1S/C9H12BrFN2O2S/c10-7-2-3-8(11)9(6-7)13-16(14,15)5-1-4-12/h2-3,6,13H,1,4-5,12H2. The maximum Gasteiger partial charge on any atom is 0.232 e. The molecule has 0 fully saturated rings. The number of anilines is 1. The van der Waals surface area contributed by atoms with Gasteiger partial charge in [-0.2, -0.15) is 0 Å². The summed E-state index contributed by atoms with van der Waals surface area (Å²) in [5.41, 5.74) is 5.15. The second-order valence-corrected chi connectivity index (χ2v) is 5.94. The minimum absolute atomic E-state index is 0.0635. The van der Waals surface area contributed by atoms with Gasteiger partial charge in [0.05, 0.1) is 11.4 Å². The Bertz CT molecular complexity index is 465. The summed E-state index contributed by atoms with van der Waals surface area (Å²) in [5, 5.41) is 0. The minimum Gasteiger partial charge on any atom is -0.330 e. The van der Waals surface area contributed by atoms with Crippen molar-refractivity contribution in [3.8, 4) is 0 Å². The smallest absolute Gasteiger partial charge is 0.232 e. The molecule has 0 unspecified atom stereocenters. The summed E-state index contributed by atoms with van der Waals surface area (Å²) in [5.74, 6) is -0.727. The molecule has 0 bridgehead atoms. The average Bonchev–Trinajstić information content (AvgIpc) is 2.20. The fraction of sp³-hybridized carbons (Fsp3) is 0.333. The van der Waals surface area contributed by atoms with Crippen LogP contribution < -0.4 is 10.5 Å². The van der Waals surface area contributed by atoms with Gasteiger partial charge in [0, 0.05) is 4.47 Å². The lowest BCUT2D eigenvalue weighted by Crippen LogP contribution is -2.19. The van der Waals surface area contributed by atoms with Crippen molar-refractivity contribution in [1.82, 2.24) is 0 Å². The number of sulfonamides is 1. The Labute approximate surface area is 102 Å². The fourth-order valence-corrected chi connectivity index (χ4v) is 2.57. The predicted octanol–water partition coefficient (Wildman–Crippen LogP) is 1.68. The quantitative estimate of drug-likeness (QED) is 0.869. The van der Waals surface area contributed by atoms with Crippen molar-refractivity contribution in [2.45, 2.75) is 6.42 Å². The average molecular weight is 311 g/mol. The molecular weight excluding hydrogens is 299 g/mol. The SMILES string of the molecule is NCCCS(=O)(=O)Nc1cc(Br)ccc1F. The first-order valence-corrected chi connectivity index (χ1v) is 7.05. The summed E-state index contributed by atoms with van der Waals surface area (Å²) in [4.78, 5) is 0. The highest BCUT2D eigenvalue weighted by Crippen LogP contribution is 2.21. The van der Waals surface area contributed by atoms with Crippen molar-refractivity contribution < 1.29 is 12.8 Å². The fourth-order valence-electron chi connectivity index (χ4n) is 1.07. The van der Waals surface area contributed by atoms with Crippen LogP contribution >= 0.6 is 15.9 Å². The van der Waals surface area contributed by atoms with Gasteiger partial charge in [-0.15, -0.1) is 0 Å². The van der Waals surface area contributed by atoms with Crippen LogP contribution in [0, 0.1) is 5.82 Å². The van der Waals surface area contributed by atoms with Crippen LogP contribution in [0.1, 0.15) is 6.42 Å². The minimum atomic E-state index is -3.53. The molecule has 1 aromatic rings. The lowest BCUT2D eigenvalue weighted by atomic mass is 10.3. The molecule has 0 radical (unpaired) electrons. The number of benzene rings is 1. The van der Waals surface area contributed by atoms with Crippen LogP contribution in [0.5, 0.6) is 0 Å². The predicted molar refractivity (Wildman–Crippen MR) is 65.2 cm³/mol. The van der Waals surface area contributed by atoms with Gasteiger partial charge in [-0.05, 0) is 31.2 Å². The second-order valence-electron chi connectivity index (χ2n) is 3.19. The third-order valence-electron chi connectivity index (χ3n) is 1.81. The normalized spacial score (nSPS) is 11.4. The van der Waals surface area contributed by atoms with Crippen LogP contribution in [-0.4, -0.2) is 20.7 Å². The van der Waals surface area contributed by atoms with E-state index < -0.39 is 15.8 Å². The summed E-state index contributed by atoms with van der Waals surface area (Å²) >= 11 is 3.14. The number of nitrogens with two attached hydrogens (primary N) is 1. The lowest BCUT2D eigenvalue weighted by molar-refractivity contribution is 0.596. The van der Waals surface area contributed by atoms with Gasteiger partial charge in [0.1, 0.15) is 5.82 Å². The van der Waals surface area contributed by atoms with Crippen molar-refractivity contribution in [3.05, 3.63) is 28.5 Å². The summed E-state index contributed by atoms with van der Waals surface area (Å²) < 4.78 is 39.0. The van der Waals surface area contributed by atoms with Crippen molar-refractivity contribution in [3.63, 3.8) is 0 Å². The lowest BCUT2D eigenvalue weighted by Gasteiger charge is -2.08. The molecule has 90 valence electrons. The van der Waals surface area contributed by atoms with Gasteiger partial charge in [0.25, 0.3) is 0 Å². The van der Waals surface area contributed by atoms with Crippen molar-refractivity contribution >= 4 is 31.6 Å². The van der Waals surface area contributed by atoms with E-state index in [1.54, 1.807) is 0 Å². The summed E-state index contributed by atoms with van der Waals surface area (Å²) in [6.45, 7) is 0.280. The number of hydrogen-bond donors (Lipinski definition) is 2. The van der Waals surface area contributed by atoms with Crippen molar-refractivity contribution in [2.75, 3.05) is 17.0 Å². The topological polar surface area (TPSA) is 72.2 Å². The number of nitrogens with one attached hydrogen (secondary N) is 1. The molecule has 0 saturated carbocycles. The molecule has 0 aliphatic rings. The summed E-state index contributed by atoms with van der Waals surface area (Å²) in [6, 6.07) is 4.05. The van der Waals surface area contributed by atoms with Crippen LogP contribution in [-0.2, 0) is 10.0 Å². The highest BCUT2D eigenvalue weighted by atomic mass is 79.9. The Kier molecular flexibility index (Phi) is 4.69. The van der Waals surface area contributed by atoms with Crippen LogP contribution in [0.25, 0.3) is 0 Å². The van der Waals surface area contributed by atoms with Gasteiger partial charge in [0.15, 0.2) is 0 Å². The summed E-state index contributed by atoms with van der Waals surface area (Å²) in [6.07, 6.45) is 0.338. The van der Waals surface area contributed by atoms with E-state index in [2.05, 4.69) is 20.7 Å². The molecule has 0 spiro atoms. The first kappa shape index (κ1) is 13.4. The monoisotopic (exact) mass is 310 g/mol. The van der Waals surface area contributed by atoms with Crippen LogP contribution in [0.2, 0.25) is 0 Å². The van der Waals surface area contributed by atoms with Crippen LogP contribution in [0.3, 0.4) is 0 Å². The molecule has 1 rings (SSSR count). The van der Waals surface area contributed by atoms with E-state index in [-0.39, 0.29) is 18.0 Å². The molecule has 16 heavy (non-hydrogen) atoms. The molecule has 4 nitrogen and oxygen atoms in total. The number of rotatable bonds is 5. The molecule has 1 aromatic carbocycles. The molecule has 0 saturated heterocycles. The molecule has 0 atom stereocenters. The van der Waals surface area contributed by atoms with E-state index in [0.29, 0.717) is 10.9 Å². The largest absolute Gasteiger partial charge is 0.330 e. The van der Waals surface area contributed by atoms with Crippen LogP contribution in [0.15, 0.2) is 22.7 Å². The van der Waals surface area contributed by atoms with E-state index in [0.717, 1.165) is 0 Å². The third-order valence-corrected chi connectivity index (χ3v) is 3.66. The molecule has 0 heterocycles. The second kappa shape index (κ2) is 5.60. The number of hydrogen-bond acceptors (Lipinski definition) is 3. The Hall–Kier alpha value is -0.660. The highest BCUT2D eigenvalue weighted by Gasteiger charge is 2.12. The molecule has 3 N–H and O–H groups in total. The van der Waals surface area contributed by atoms with Gasteiger partial charge in [-0.3, -0.25) is 4.72 Å². The maximum atomic E-state index is 13.2. The van der Waals surface area contributed by atoms with Crippen molar-refractivity contribution in [2.24, 2.45) is 5.73 Å². The Morgan fingerprint density at radius 3 is 2.75 bits per heavy atom. The molecule has 0 amide bonds. The Morgan fingerprint density at radius 2 is 2.12 bits per heavy atom. The van der Waals surface area contributed by atoms with Gasteiger partial charge in [-0.25, -0.2) is 12.8 Å². The first-order chi connectivity index (χ1) is 7.44. The zero-order valence-corrected chi connectivity index (χ0v) is 10.8. The Balaban J connectivity index is 2.83. The van der Waals surface area contributed by atoms with Gasteiger partial charge < -0.3 is 5.73 Å². The van der Waals surface area contributed by atoms with Gasteiger partial charge in [-0.1, -0.05) is 15.9 Å². The summed E-state index contributed by atoms with van der Waals surface area (Å²) in [7, 11) is -3.53. The van der Waals surface area contributed by atoms with E-state index >= 15 is 0 Å². The van der Waals surface area contributed by atoms with E-state index in [1.807, 2.05) is 0 Å². The van der Waals surface area contributed by atoms with E-state index in [9.17, 15) is 12.8 Å². The van der Waals surface area contributed by atoms with Crippen LogP contribution in [0.4, 0.5) is 10.1 Å². The zero-order chi connectivity index (χ0) is 12.2. The molecular formula is C9H12BrFN2O2S. The first-order valence-electron chi connectivity index (χ1n) is 4.60. The zero-order valence-electron chi connectivity index (χ0n) is 8.41. The maximum absolute atomic E-state index is 13.2. The highest BCUT2D eigenvalue weighted by molar-refractivity contribution is 9.10. The van der Waals surface area contributed by atoms with Gasteiger partial charge >= 0.3 is 0 Å². The molecule has 0 aromatic heterocycles. The third kappa shape index (κ3) is 4.07. The molecule has 7 heteroatoms. The molecule has 0 aliphatic heterocycles. The van der Waals surface area contributed by atoms with E-state index in [4.69, 9.17) is 5.73 Å².